The zero-order valence-corrected chi connectivity index (χ0v) is 18.5. The average molecular weight is 449 g/mol. The summed E-state index contributed by atoms with van der Waals surface area (Å²) in [5.74, 6) is 0.605. The first-order valence-corrected chi connectivity index (χ1v) is 11.5. The number of aromatic nitrogens is 2. The Kier molecular flexibility index (Phi) is 6.26. The van der Waals surface area contributed by atoms with Crippen LogP contribution in [0.3, 0.4) is 0 Å². The molecule has 5 rings (SSSR count). The molecule has 2 atom stereocenters. The first-order chi connectivity index (χ1) is 16.2. The van der Waals surface area contributed by atoms with Gasteiger partial charge in [-0.15, -0.1) is 0 Å². The number of nitrogens with zero attached hydrogens (tertiary/aromatic N) is 3. The van der Waals surface area contributed by atoms with Gasteiger partial charge in [0.15, 0.2) is 0 Å². The first kappa shape index (κ1) is 21.5. The fourth-order valence-corrected chi connectivity index (χ4v) is 4.72. The molecule has 0 bridgehead atoms. The van der Waals surface area contributed by atoms with E-state index in [9.17, 15) is 9.59 Å². The van der Waals surface area contributed by atoms with E-state index in [-0.39, 0.29) is 17.9 Å². The molecule has 0 aliphatic carbocycles. The van der Waals surface area contributed by atoms with Crippen molar-refractivity contribution in [2.45, 2.75) is 31.4 Å². The number of hydrogen-bond donors (Lipinski definition) is 1. The van der Waals surface area contributed by atoms with Crippen LogP contribution in [-0.4, -0.2) is 76.6 Å². The molecule has 2 aliphatic heterocycles. The van der Waals surface area contributed by atoms with Gasteiger partial charge in [-0.1, -0.05) is 18.2 Å². The SMILES string of the molecule is O=C([C@H]1C[C@H](Oc2cccnc2)CN1C(=O)CCc1c[nH]c2ccccc12)N1CCOCC1. The van der Waals surface area contributed by atoms with Gasteiger partial charge in [-0.25, -0.2) is 0 Å². The van der Waals surface area contributed by atoms with Crippen LogP contribution in [0.5, 0.6) is 5.75 Å². The molecule has 2 aromatic heterocycles. The normalized spacial score (nSPS) is 20.8. The van der Waals surface area contributed by atoms with Gasteiger partial charge in [-0.2, -0.15) is 0 Å². The van der Waals surface area contributed by atoms with E-state index in [1.54, 1.807) is 22.2 Å². The summed E-state index contributed by atoms with van der Waals surface area (Å²) in [7, 11) is 0. The third-order valence-corrected chi connectivity index (χ3v) is 6.41. The predicted octanol–water partition coefficient (Wildman–Crippen LogP) is 2.40. The van der Waals surface area contributed by atoms with E-state index in [2.05, 4.69) is 16.0 Å². The molecule has 0 saturated carbocycles. The van der Waals surface area contributed by atoms with Crippen molar-refractivity contribution < 1.29 is 19.1 Å². The Bertz CT molecular complexity index is 1110. The number of nitrogens with one attached hydrogen (secondary N) is 1. The maximum atomic E-state index is 13.3. The summed E-state index contributed by atoms with van der Waals surface area (Å²) in [6.07, 6.45) is 6.49. The lowest BCUT2D eigenvalue weighted by Crippen LogP contribution is -2.51. The van der Waals surface area contributed by atoms with Crippen LogP contribution in [0.15, 0.2) is 55.0 Å². The van der Waals surface area contributed by atoms with E-state index in [1.807, 2.05) is 36.5 Å². The van der Waals surface area contributed by atoms with Crippen LogP contribution in [0.4, 0.5) is 0 Å². The topological polar surface area (TPSA) is 87.8 Å². The number of hydrogen-bond acceptors (Lipinski definition) is 5. The maximum Gasteiger partial charge on any atom is 0.245 e. The van der Waals surface area contributed by atoms with Crippen molar-refractivity contribution in [2.24, 2.45) is 0 Å². The highest BCUT2D eigenvalue weighted by molar-refractivity contribution is 5.89. The molecule has 1 N–H and O–H groups in total. The van der Waals surface area contributed by atoms with Gasteiger partial charge >= 0.3 is 0 Å². The summed E-state index contributed by atoms with van der Waals surface area (Å²) in [5.41, 5.74) is 2.17. The van der Waals surface area contributed by atoms with Crippen LogP contribution in [0.1, 0.15) is 18.4 Å². The van der Waals surface area contributed by atoms with Crippen LogP contribution in [0.25, 0.3) is 10.9 Å². The number of fused-ring (bicyclic) bond motifs is 1. The summed E-state index contributed by atoms with van der Waals surface area (Å²) in [6.45, 7) is 2.56. The van der Waals surface area contributed by atoms with E-state index < -0.39 is 6.04 Å². The summed E-state index contributed by atoms with van der Waals surface area (Å²) in [4.78, 5) is 37.5. The molecule has 8 heteroatoms. The molecule has 4 heterocycles. The highest BCUT2D eigenvalue weighted by atomic mass is 16.5. The average Bonchev–Trinajstić information content (AvgIpc) is 3.48. The van der Waals surface area contributed by atoms with Crippen molar-refractivity contribution in [3.8, 4) is 5.75 Å². The summed E-state index contributed by atoms with van der Waals surface area (Å²) >= 11 is 0. The van der Waals surface area contributed by atoms with Gasteiger partial charge in [0.1, 0.15) is 17.9 Å². The fourth-order valence-electron chi connectivity index (χ4n) is 4.72. The Morgan fingerprint density at radius 3 is 2.82 bits per heavy atom. The van der Waals surface area contributed by atoms with Gasteiger partial charge in [0.2, 0.25) is 11.8 Å². The molecule has 0 radical (unpaired) electrons. The molecular weight excluding hydrogens is 420 g/mol. The highest BCUT2D eigenvalue weighted by Crippen LogP contribution is 2.26. The summed E-state index contributed by atoms with van der Waals surface area (Å²) in [5, 5.41) is 1.13. The number of likely N-dealkylation sites (tertiary alicyclic amines) is 1. The monoisotopic (exact) mass is 448 g/mol. The third-order valence-electron chi connectivity index (χ3n) is 6.41. The smallest absolute Gasteiger partial charge is 0.245 e. The molecule has 33 heavy (non-hydrogen) atoms. The minimum Gasteiger partial charge on any atom is -0.487 e. The summed E-state index contributed by atoms with van der Waals surface area (Å²) < 4.78 is 11.5. The summed E-state index contributed by atoms with van der Waals surface area (Å²) in [6, 6.07) is 11.2. The van der Waals surface area contributed by atoms with E-state index in [0.29, 0.717) is 57.9 Å². The minimum atomic E-state index is -0.514. The number of carbonyl (C=O) groups is 2. The van der Waals surface area contributed by atoms with E-state index >= 15 is 0 Å². The van der Waals surface area contributed by atoms with Crippen molar-refractivity contribution >= 4 is 22.7 Å². The van der Waals surface area contributed by atoms with Gasteiger partial charge in [0.05, 0.1) is 26.0 Å². The number of aryl methyl sites for hydroxylation is 1. The second-order valence-corrected chi connectivity index (χ2v) is 8.52. The Labute approximate surface area is 192 Å². The Balaban J connectivity index is 1.30. The zero-order valence-electron chi connectivity index (χ0n) is 18.5. The molecule has 8 nitrogen and oxygen atoms in total. The van der Waals surface area contributed by atoms with Crippen molar-refractivity contribution in [3.05, 3.63) is 60.6 Å². The lowest BCUT2D eigenvalue weighted by atomic mass is 10.1. The van der Waals surface area contributed by atoms with Crippen LogP contribution in [-0.2, 0) is 20.7 Å². The van der Waals surface area contributed by atoms with Crippen LogP contribution in [0.2, 0.25) is 0 Å². The van der Waals surface area contributed by atoms with E-state index in [1.165, 1.54) is 0 Å². The zero-order chi connectivity index (χ0) is 22.6. The van der Waals surface area contributed by atoms with Crippen molar-refractivity contribution in [1.29, 1.82) is 0 Å². The largest absolute Gasteiger partial charge is 0.487 e. The number of H-pyrrole nitrogens is 1. The Hall–Kier alpha value is -3.39. The predicted molar refractivity (Wildman–Crippen MR) is 123 cm³/mol. The number of rotatable bonds is 6. The molecule has 1 aromatic carbocycles. The molecule has 0 spiro atoms. The Morgan fingerprint density at radius 2 is 2.00 bits per heavy atom. The van der Waals surface area contributed by atoms with Crippen molar-refractivity contribution in [3.63, 3.8) is 0 Å². The number of amides is 2. The number of morpholine rings is 1. The first-order valence-electron chi connectivity index (χ1n) is 11.5. The van der Waals surface area contributed by atoms with Gasteiger partial charge in [0.25, 0.3) is 0 Å². The second-order valence-electron chi connectivity index (χ2n) is 8.52. The number of aromatic amines is 1. The molecule has 2 saturated heterocycles. The van der Waals surface area contributed by atoms with Crippen LogP contribution in [0, 0.1) is 0 Å². The van der Waals surface area contributed by atoms with E-state index in [4.69, 9.17) is 9.47 Å². The standard InChI is InChI=1S/C25H28N4O4/c30-24(8-7-18-15-27-22-6-2-1-5-21(18)22)29-17-20(33-19-4-3-9-26-16-19)14-23(29)25(31)28-10-12-32-13-11-28/h1-6,9,15-16,20,23,27H,7-8,10-14,17H2/t20-,23+/m0/s1. The molecule has 3 aromatic rings. The van der Waals surface area contributed by atoms with Gasteiger partial charge < -0.3 is 24.3 Å². The van der Waals surface area contributed by atoms with Crippen molar-refractivity contribution in [2.75, 3.05) is 32.8 Å². The number of para-hydroxylation sites is 1. The van der Waals surface area contributed by atoms with Gasteiger partial charge in [-0.3, -0.25) is 14.6 Å². The lowest BCUT2D eigenvalue weighted by Gasteiger charge is -2.32. The number of pyridine rings is 1. The van der Waals surface area contributed by atoms with Gasteiger partial charge in [-0.05, 0) is 30.2 Å². The lowest BCUT2D eigenvalue weighted by molar-refractivity contribution is -0.146. The molecular formula is C25H28N4O4. The molecule has 2 fully saturated rings. The number of ether oxygens (including phenoxy) is 2. The third kappa shape index (κ3) is 4.71. The second kappa shape index (κ2) is 9.62. The highest BCUT2D eigenvalue weighted by Gasteiger charge is 2.42. The molecule has 172 valence electrons. The quantitative estimate of drug-likeness (QED) is 0.626. The van der Waals surface area contributed by atoms with Crippen molar-refractivity contribution in [1.82, 2.24) is 19.8 Å². The van der Waals surface area contributed by atoms with E-state index in [0.717, 1.165) is 16.5 Å². The molecule has 2 aliphatic rings. The number of benzene rings is 1. The van der Waals surface area contributed by atoms with Crippen LogP contribution >= 0.6 is 0 Å². The minimum absolute atomic E-state index is 0.0176. The Morgan fingerprint density at radius 1 is 1.15 bits per heavy atom. The molecule has 2 amide bonds. The molecule has 0 unspecified atom stereocenters. The van der Waals surface area contributed by atoms with Crippen LogP contribution < -0.4 is 4.74 Å². The maximum absolute atomic E-state index is 13.3. The van der Waals surface area contributed by atoms with Gasteiger partial charge in [0, 0.05) is 49.2 Å². The number of carbonyl (C=O) groups excluding carboxylic acids is 2. The fraction of sp³-hybridized carbons (Fsp3) is 0.400.